The maximum atomic E-state index is 2.45. The van der Waals surface area contributed by atoms with E-state index in [-0.39, 0.29) is 0 Å². The van der Waals surface area contributed by atoms with Gasteiger partial charge in [-0.3, -0.25) is 0 Å². The van der Waals surface area contributed by atoms with Crippen molar-refractivity contribution in [3.05, 3.63) is 100 Å². The van der Waals surface area contributed by atoms with Crippen molar-refractivity contribution in [2.45, 2.75) is 18.3 Å². The second-order valence-electron chi connectivity index (χ2n) is 7.90. The molecule has 0 radical (unpaired) electrons. The topological polar surface area (TPSA) is 0 Å². The maximum Gasteiger partial charge on any atom is 0.277 e. The highest BCUT2D eigenvalue weighted by Crippen LogP contribution is 2.72. The fraction of sp³-hybridized carbons (Fsp3) is 0.167. The summed E-state index contributed by atoms with van der Waals surface area (Å²) in [4.78, 5) is 8.95. The first-order chi connectivity index (χ1) is 19.8. The van der Waals surface area contributed by atoms with Gasteiger partial charge in [-0.25, -0.2) is 0 Å². The number of rotatable bonds is 7. The van der Waals surface area contributed by atoms with E-state index in [0.717, 1.165) is 0 Å². The minimum Gasteiger partial charge on any atom is -0.107 e. The zero-order chi connectivity index (χ0) is 26.5. The first kappa shape index (κ1) is 29.4. The minimum atomic E-state index is 0.438. The standard InChI is InChI=1S/C24H14S16/c1-2-26-17(25-1)21-33-9-11(35-21)13-15(39-23(37-13)19-29-5-6-30-19)16-14(38-24(40-16)20-31-7-8-32-20)12-10-34-22(36-12)18-27-3-4-28-18/h1-10,21-24H/q+4. The van der Waals surface area contributed by atoms with E-state index in [1.54, 1.807) is 0 Å². The predicted molar refractivity (Wildman–Crippen MR) is 208 cm³/mol. The van der Waals surface area contributed by atoms with Gasteiger partial charge in [0, 0.05) is 29.4 Å². The molecular formula is C24H14S16+4. The highest BCUT2D eigenvalue weighted by Gasteiger charge is 2.45. The molecule has 0 aromatic carbocycles. The molecule has 202 valence electrons. The van der Waals surface area contributed by atoms with Crippen LogP contribution in [-0.4, -0.2) is 0 Å². The van der Waals surface area contributed by atoms with Crippen molar-refractivity contribution in [1.29, 1.82) is 0 Å². The molecule has 8 rings (SSSR count). The summed E-state index contributed by atoms with van der Waals surface area (Å²) in [6, 6.07) is 0. The first-order valence-electron chi connectivity index (χ1n) is 11.4. The average Bonchev–Trinajstić information content (AvgIpc) is 3.85. The maximum absolute atomic E-state index is 2.45. The molecule has 4 unspecified atom stereocenters. The SMILES string of the molecule is C1=C(C2=C(C3=C(C4=CSC(c5scc[s+]5)S4)SC(c4scc[s+]4)S3)SC(c3scc[s+]3)S2)SC(c2scc[s+]2)S1. The quantitative estimate of drug-likeness (QED) is 0.167. The van der Waals surface area contributed by atoms with Gasteiger partial charge in [0.05, 0.1) is 90.7 Å². The molecule has 40 heavy (non-hydrogen) atoms. The third-order valence-corrected chi connectivity index (χ3v) is 28.3. The monoisotopic (exact) mass is 814 g/mol. The Kier molecular flexibility index (Phi) is 9.81. The fourth-order valence-corrected chi connectivity index (χ4v) is 25.3. The molecule has 4 atom stereocenters. The van der Waals surface area contributed by atoms with E-state index in [1.807, 2.05) is 114 Å². The van der Waals surface area contributed by atoms with Crippen LogP contribution >= 0.6 is 185 Å². The summed E-state index contributed by atoms with van der Waals surface area (Å²) in [6.07, 6.45) is 0. The third kappa shape index (κ3) is 6.07. The number of hydrogen-bond donors (Lipinski definition) is 0. The van der Waals surface area contributed by atoms with Crippen molar-refractivity contribution in [3.63, 3.8) is 0 Å². The summed E-state index contributed by atoms with van der Waals surface area (Å²) in [7, 11) is 0. The number of hydrogen-bond acceptors (Lipinski definition) is 12. The Morgan fingerprint density at radius 3 is 1.10 bits per heavy atom. The molecule has 0 fully saturated rings. The zero-order valence-electron chi connectivity index (χ0n) is 19.6. The van der Waals surface area contributed by atoms with Crippen LogP contribution in [0.3, 0.4) is 0 Å². The molecule has 4 aromatic rings. The van der Waals surface area contributed by atoms with Gasteiger partial charge in [0.2, 0.25) is 0 Å². The van der Waals surface area contributed by atoms with Gasteiger partial charge in [-0.15, -0.1) is 23.5 Å². The summed E-state index contributed by atoms with van der Waals surface area (Å²) in [5.74, 6) is 0. The van der Waals surface area contributed by atoms with Gasteiger partial charge < -0.3 is 0 Å². The highest BCUT2D eigenvalue weighted by molar-refractivity contribution is 8.29. The van der Waals surface area contributed by atoms with Crippen LogP contribution in [0.1, 0.15) is 35.1 Å². The Morgan fingerprint density at radius 2 is 0.750 bits per heavy atom. The summed E-state index contributed by atoms with van der Waals surface area (Å²) in [6.45, 7) is 0. The molecule has 0 bridgehead atoms. The molecule has 8 heterocycles. The van der Waals surface area contributed by atoms with E-state index in [9.17, 15) is 0 Å². The predicted octanol–water partition coefficient (Wildman–Crippen LogP) is 15.4. The summed E-state index contributed by atoms with van der Waals surface area (Å²) >= 11 is 31.7. The van der Waals surface area contributed by atoms with Gasteiger partial charge in [0.25, 0.3) is 16.8 Å². The zero-order valence-corrected chi connectivity index (χ0v) is 32.7. The van der Waals surface area contributed by atoms with Crippen molar-refractivity contribution in [2.75, 3.05) is 0 Å². The fourth-order valence-electron chi connectivity index (χ4n) is 3.86. The Labute approximate surface area is 298 Å². The van der Waals surface area contributed by atoms with Gasteiger partial charge in [-0.1, -0.05) is 70.6 Å². The summed E-state index contributed by atoms with van der Waals surface area (Å²) in [5.41, 5.74) is 0. The molecular weight excluding hydrogens is 801 g/mol. The van der Waals surface area contributed by atoms with Crippen LogP contribution in [0.2, 0.25) is 0 Å². The number of thioether (sulfide) groups is 8. The third-order valence-electron chi connectivity index (χ3n) is 5.50. The van der Waals surface area contributed by atoms with Crippen LogP contribution in [0.4, 0.5) is 0 Å². The van der Waals surface area contributed by atoms with E-state index >= 15 is 0 Å². The molecule has 16 heteroatoms. The van der Waals surface area contributed by atoms with Gasteiger partial charge in [0.15, 0.2) is 0 Å². The minimum absolute atomic E-state index is 0.438. The summed E-state index contributed by atoms with van der Waals surface area (Å²) in [5, 5.41) is 22.8. The molecule has 0 aliphatic carbocycles. The van der Waals surface area contributed by atoms with Crippen LogP contribution in [-0.2, 0) is 0 Å². The molecule has 0 nitrogen and oxygen atoms in total. The molecule has 0 saturated carbocycles. The molecule has 4 aliphatic heterocycles. The molecule has 4 aromatic heterocycles. The first-order valence-corrected chi connectivity index (χ1v) is 25.6. The van der Waals surface area contributed by atoms with Crippen molar-refractivity contribution in [3.8, 4) is 0 Å². The molecule has 0 N–H and O–H groups in total. The highest BCUT2D eigenvalue weighted by atomic mass is 32.2. The second-order valence-corrected chi connectivity index (χ2v) is 26.4. The van der Waals surface area contributed by atoms with Crippen molar-refractivity contribution in [2.24, 2.45) is 0 Å². The second kappa shape index (κ2) is 13.4. The van der Waals surface area contributed by atoms with Crippen LogP contribution in [0.15, 0.2) is 83.3 Å². The lowest BCUT2D eigenvalue weighted by molar-refractivity contribution is 1.60. The van der Waals surface area contributed by atoms with Crippen LogP contribution in [0, 0.1) is 0 Å². The molecule has 4 aliphatic rings. The van der Waals surface area contributed by atoms with Crippen LogP contribution < -0.4 is 0 Å². The Balaban J connectivity index is 1.17. The van der Waals surface area contributed by atoms with Crippen LogP contribution in [0.25, 0.3) is 0 Å². The van der Waals surface area contributed by atoms with Gasteiger partial charge in [-0.05, 0) is 10.8 Å². The van der Waals surface area contributed by atoms with Crippen molar-refractivity contribution >= 4 is 185 Å². The largest absolute Gasteiger partial charge is 0.277 e. The average molecular weight is 815 g/mol. The smallest absolute Gasteiger partial charge is 0.107 e. The summed E-state index contributed by atoms with van der Waals surface area (Å²) < 4.78 is 7.88. The molecule has 0 saturated heterocycles. The lowest BCUT2D eigenvalue weighted by Gasteiger charge is -2.10. The van der Waals surface area contributed by atoms with E-state index in [1.165, 1.54) is 46.2 Å². The lowest BCUT2D eigenvalue weighted by atomic mass is 10.4. The van der Waals surface area contributed by atoms with E-state index < -0.39 is 0 Å². The van der Waals surface area contributed by atoms with Gasteiger partial charge in [0.1, 0.15) is 61.4 Å². The van der Waals surface area contributed by atoms with E-state index in [4.69, 9.17) is 0 Å². The molecule has 0 spiro atoms. The van der Waals surface area contributed by atoms with Crippen molar-refractivity contribution in [1.82, 2.24) is 0 Å². The van der Waals surface area contributed by atoms with Gasteiger partial charge >= 0.3 is 0 Å². The normalized spacial score (nSPS) is 26.8. The Morgan fingerprint density at radius 1 is 0.400 bits per heavy atom. The van der Waals surface area contributed by atoms with Crippen molar-refractivity contribution < 1.29 is 0 Å². The van der Waals surface area contributed by atoms with E-state index in [0.29, 0.717) is 18.3 Å². The van der Waals surface area contributed by atoms with Crippen LogP contribution in [0.5, 0.6) is 0 Å². The Hall–Kier alpha value is 1.96. The molecule has 0 amide bonds. The van der Waals surface area contributed by atoms with E-state index in [2.05, 4.69) is 124 Å². The Bertz CT molecular complexity index is 1480. The lowest BCUT2D eigenvalue weighted by Crippen LogP contribution is -1.87. The van der Waals surface area contributed by atoms with Gasteiger partial charge in [-0.2, -0.15) is 0 Å².